The molecule has 18 N–H and O–H groups in total. The average molecular weight is 1370 g/mol. The monoisotopic (exact) mass is 1370 g/mol. The molecular formula is C65H110O30. The lowest BCUT2D eigenvalue weighted by atomic mass is 9.35. The number of allylic oxidation sites excluding steroid dienone is 2. The normalized spacial score (nSPS) is 52.4. The highest BCUT2D eigenvalue weighted by molar-refractivity contribution is 5.21. The van der Waals surface area contributed by atoms with E-state index in [2.05, 4.69) is 40.7 Å². The van der Waals surface area contributed by atoms with Gasteiger partial charge in [-0.2, -0.15) is 0 Å². The summed E-state index contributed by atoms with van der Waals surface area (Å²) in [7, 11) is 0. The maximum atomic E-state index is 13.0. The molecule has 4 unspecified atom stereocenters. The summed E-state index contributed by atoms with van der Waals surface area (Å²) in [5.41, 5.74) is -1.59. The average Bonchev–Trinajstić information content (AvgIpc) is 1.66. The SMILES string of the molecule is CC(C)=CCC[C@](C)(OC[C@@H]1O[C@H](OC[C@@H]2OC[C@@H](O)[C@H](OC[C@@H]3OC[C@@H](O)[C@H](O)[C@H]3O)[C@H]2O)[C@@H](O)[C@H](O)[C@H]1O)C1CC[C@]2(C)C1[C@H](O)CC1[C@@]3(C)CC[C@H](O[C@@H]4O[C@H](CO)[C@@H](O)[C@H](O)[C@H]4O[C@@H]4O[C@H](CO)[C@@H](O)[C@H](O)[C@H]4O[C@@H]4OC[C@@H](O)[C@H](O)[C@H]4O)C(C)(C)C3CC[C@]12C. The van der Waals surface area contributed by atoms with Crippen molar-refractivity contribution in [1.82, 2.24) is 0 Å². The summed E-state index contributed by atoms with van der Waals surface area (Å²) >= 11 is 0. The van der Waals surface area contributed by atoms with Gasteiger partial charge in [0.05, 0.1) is 70.7 Å². The van der Waals surface area contributed by atoms with E-state index in [1.807, 2.05) is 20.8 Å². The van der Waals surface area contributed by atoms with Gasteiger partial charge in [-0.3, -0.25) is 0 Å². The van der Waals surface area contributed by atoms with Gasteiger partial charge in [0, 0.05) is 0 Å². The number of rotatable bonds is 21. The number of hydrogen-bond donors (Lipinski definition) is 18. The molecule has 6 saturated heterocycles. The van der Waals surface area contributed by atoms with Gasteiger partial charge in [0.15, 0.2) is 25.2 Å². The van der Waals surface area contributed by atoms with E-state index in [0.29, 0.717) is 38.5 Å². The maximum absolute atomic E-state index is 13.0. The van der Waals surface area contributed by atoms with Gasteiger partial charge in [-0.05, 0) is 124 Å². The Hall–Kier alpha value is -1.46. The standard InChI is InChI=1S/C65H110O30/c1-27(2)10-9-14-65(8,89-26-37-47(77)49(79)53(83)57(92-37)88-25-36-48(78)54(32(71)23-85-36)86-24-35-46(76)42(72)30(69)21-84-35)28-11-16-64(7)41(28)29(68)18-39-62(5)15-13-40(61(3,4)38(62)12-17-63(39,64)6)93-59-55(50(80)44(74)33(19-66)90-59)95-60-56(51(81)45(75)34(20-67)91-60)94-58-52(82)43(73)31(70)22-87-58/h10,28-60,66-83H,9,11-26H2,1-8H3/t28?,29-,30-,31-,32-,33-,34-,35+,36+,37+,38?,39?,40+,41?,42+,43+,44-,45-,46+,47+,48+,49-,50+,51+,52-,53+,54+,55-,56-,57+,58+,59+,60+,62+,63-,64-,65+/m1/s1. The second kappa shape index (κ2) is 30.1. The van der Waals surface area contributed by atoms with E-state index in [1.165, 1.54) is 0 Å². The summed E-state index contributed by atoms with van der Waals surface area (Å²) in [5.74, 6) is -0.469. The summed E-state index contributed by atoms with van der Waals surface area (Å²) < 4.78 is 72.8. The van der Waals surface area contributed by atoms with E-state index in [9.17, 15) is 91.9 Å². The van der Waals surface area contributed by atoms with E-state index in [4.69, 9.17) is 56.8 Å². The van der Waals surface area contributed by atoms with E-state index in [1.54, 1.807) is 0 Å². The third kappa shape index (κ3) is 14.4. The molecule has 0 aromatic heterocycles. The number of aliphatic hydroxyl groups excluding tert-OH is 18. The van der Waals surface area contributed by atoms with Crippen molar-refractivity contribution < 1.29 is 149 Å². The number of fused-ring (bicyclic) bond motifs is 5. The Kier molecular flexibility index (Phi) is 24.1. The molecule has 30 heteroatoms. The van der Waals surface area contributed by atoms with Gasteiger partial charge >= 0.3 is 0 Å². The number of hydrogen-bond acceptors (Lipinski definition) is 30. The van der Waals surface area contributed by atoms with Crippen LogP contribution in [0.25, 0.3) is 0 Å². The van der Waals surface area contributed by atoms with Crippen LogP contribution < -0.4 is 0 Å². The Balaban J connectivity index is 0.822. The van der Waals surface area contributed by atoms with Gasteiger partial charge < -0.3 is 149 Å². The molecule has 6 heterocycles. The van der Waals surface area contributed by atoms with E-state index >= 15 is 0 Å². The lowest BCUT2D eigenvalue weighted by Gasteiger charge is -2.71. The van der Waals surface area contributed by atoms with Crippen LogP contribution >= 0.6 is 0 Å². The molecule has 0 amide bonds. The van der Waals surface area contributed by atoms with Crippen LogP contribution in [0.5, 0.6) is 0 Å². The zero-order valence-corrected chi connectivity index (χ0v) is 55.6. The molecule has 0 bridgehead atoms. The van der Waals surface area contributed by atoms with Crippen LogP contribution in [0.4, 0.5) is 0 Å². The molecule has 30 nitrogen and oxygen atoms in total. The van der Waals surface area contributed by atoms with Crippen LogP contribution in [0, 0.1) is 45.3 Å². The van der Waals surface area contributed by atoms with Gasteiger partial charge in [-0.1, -0.05) is 46.3 Å². The minimum atomic E-state index is -1.89. The summed E-state index contributed by atoms with van der Waals surface area (Å²) in [6, 6.07) is 0. The molecular weight excluding hydrogens is 1260 g/mol. The molecule has 0 aromatic carbocycles. The molecule has 550 valence electrons. The zero-order chi connectivity index (χ0) is 69.3. The first-order valence-electron chi connectivity index (χ1n) is 34.1. The van der Waals surface area contributed by atoms with E-state index < -0.39 is 221 Å². The smallest absolute Gasteiger partial charge is 0.187 e. The summed E-state index contributed by atoms with van der Waals surface area (Å²) in [6.07, 6.45) is -35.7. The van der Waals surface area contributed by atoms with Crippen LogP contribution in [0.15, 0.2) is 11.6 Å². The van der Waals surface area contributed by atoms with Crippen LogP contribution in [0.3, 0.4) is 0 Å². The maximum Gasteiger partial charge on any atom is 0.187 e. The third-order valence-corrected chi connectivity index (χ3v) is 24.6. The van der Waals surface area contributed by atoms with Crippen molar-refractivity contribution in [2.75, 3.05) is 52.9 Å². The van der Waals surface area contributed by atoms with Crippen molar-refractivity contribution >= 4 is 0 Å². The fraction of sp³-hybridized carbons (Fsp3) is 0.969. The number of ether oxygens (including phenoxy) is 12. The van der Waals surface area contributed by atoms with Gasteiger partial charge in [-0.25, -0.2) is 0 Å². The molecule has 4 saturated carbocycles. The van der Waals surface area contributed by atoms with Crippen LogP contribution in [0.1, 0.15) is 113 Å². The topological polar surface area (TPSA) is 475 Å². The fourth-order valence-electron chi connectivity index (χ4n) is 18.8. The molecule has 0 aromatic rings. The third-order valence-electron chi connectivity index (χ3n) is 24.6. The van der Waals surface area contributed by atoms with Gasteiger partial charge in [0.1, 0.15) is 140 Å². The minimum absolute atomic E-state index is 0.00694. The van der Waals surface area contributed by atoms with E-state index in [-0.39, 0.29) is 60.9 Å². The summed E-state index contributed by atoms with van der Waals surface area (Å²) in [6.45, 7) is 13.6. The predicted octanol–water partition coefficient (Wildman–Crippen LogP) is -4.55. The largest absolute Gasteiger partial charge is 0.394 e. The Bertz CT molecular complexity index is 2520. The van der Waals surface area contributed by atoms with Crippen molar-refractivity contribution in [1.29, 1.82) is 0 Å². The summed E-state index contributed by atoms with van der Waals surface area (Å²) in [5, 5.41) is 197. The molecule has 10 fully saturated rings. The molecule has 0 radical (unpaired) electrons. The molecule has 95 heavy (non-hydrogen) atoms. The second-order valence-electron chi connectivity index (χ2n) is 30.7. The fourth-order valence-corrected chi connectivity index (χ4v) is 18.8. The van der Waals surface area contributed by atoms with Crippen molar-refractivity contribution in [3.8, 4) is 0 Å². The lowest BCUT2D eigenvalue weighted by Crippen LogP contribution is -2.68. The van der Waals surface area contributed by atoms with Crippen molar-refractivity contribution in [3.05, 3.63) is 11.6 Å². The van der Waals surface area contributed by atoms with Crippen molar-refractivity contribution in [2.24, 2.45) is 45.3 Å². The van der Waals surface area contributed by atoms with Gasteiger partial charge in [0.2, 0.25) is 0 Å². The molecule has 0 spiro atoms. The first kappa shape index (κ1) is 76.2. The quantitative estimate of drug-likeness (QED) is 0.0380. The summed E-state index contributed by atoms with van der Waals surface area (Å²) in [4.78, 5) is 0. The molecule has 10 aliphatic rings. The first-order chi connectivity index (χ1) is 44.7. The Morgan fingerprint density at radius 3 is 1.60 bits per heavy atom. The highest BCUT2D eigenvalue weighted by Crippen LogP contribution is 2.76. The van der Waals surface area contributed by atoms with Crippen LogP contribution in [-0.4, -0.2) is 328 Å². The van der Waals surface area contributed by atoms with Crippen LogP contribution in [0.2, 0.25) is 0 Å². The van der Waals surface area contributed by atoms with Gasteiger partial charge in [-0.15, -0.1) is 0 Å². The lowest BCUT2D eigenvalue weighted by molar-refractivity contribution is -0.395. The van der Waals surface area contributed by atoms with Crippen molar-refractivity contribution in [3.63, 3.8) is 0 Å². The zero-order valence-electron chi connectivity index (χ0n) is 55.6. The molecule has 4 aliphatic carbocycles. The highest BCUT2D eigenvalue weighted by atomic mass is 16.8. The Morgan fingerprint density at radius 1 is 0.463 bits per heavy atom. The second-order valence-corrected chi connectivity index (χ2v) is 30.7. The minimum Gasteiger partial charge on any atom is -0.394 e. The highest BCUT2D eigenvalue weighted by Gasteiger charge is 2.72. The predicted molar refractivity (Wildman–Crippen MR) is 323 cm³/mol. The molecule has 10 rings (SSSR count). The van der Waals surface area contributed by atoms with E-state index in [0.717, 1.165) is 24.8 Å². The van der Waals surface area contributed by atoms with Crippen molar-refractivity contribution in [2.45, 2.75) is 297 Å². The van der Waals surface area contributed by atoms with Crippen LogP contribution in [-0.2, 0) is 56.8 Å². The number of aliphatic hydroxyl groups is 18. The first-order valence-corrected chi connectivity index (χ1v) is 34.1. The Labute approximate surface area is 553 Å². The molecule has 37 atom stereocenters. The molecule has 6 aliphatic heterocycles. The van der Waals surface area contributed by atoms with Gasteiger partial charge in [0.25, 0.3) is 0 Å². The Morgan fingerprint density at radius 2 is 0.979 bits per heavy atom.